The normalized spacial score (nSPS) is 21.5. The Balaban J connectivity index is 1.41. The van der Waals surface area contributed by atoms with Crippen LogP contribution in [0.25, 0.3) is 0 Å². The fraction of sp³-hybridized carbons (Fsp3) is 0.474. The van der Waals surface area contributed by atoms with Crippen LogP contribution in [0.4, 0.5) is 0 Å². The number of hydrogen-bond donors (Lipinski definition) is 0. The zero-order valence-corrected chi connectivity index (χ0v) is 14.0. The molecule has 2 saturated heterocycles. The van der Waals surface area contributed by atoms with Gasteiger partial charge >= 0.3 is 0 Å². The summed E-state index contributed by atoms with van der Waals surface area (Å²) in [4.78, 5) is 17.4. The number of piperidine rings is 1. The van der Waals surface area contributed by atoms with Crippen molar-refractivity contribution in [2.24, 2.45) is 0 Å². The monoisotopic (exact) mass is 324 g/mol. The minimum Gasteiger partial charge on any atom is -0.336 e. The molecule has 2 aromatic rings. The van der Waals surface area contributed by atoms with Gasteiger partial charge in [0.1, 0.15) is 0 Å². The average Bonchev–Trinajstić information content (AvgIpc) is 3.10. The van der Waals surface area contributed by atoms with Gasteiger partial charge in [0.25, 0.3) is 5.91 Å². The molecule has 0 spiro atoms. The van der Waals surface area contributed by atoms with Gasteiger partial charge in [0.05, 0.1) is 18.3 Å². The Hall–Kier alpha value is -2.14. The first-order valence-corrected chi connectivity index (χ1v) is 8.89. The molecular formula is C19H24N4O. The maximum atomic E-state index is 12.8. The Morgan fingerprint density at radius 3 is 2.88 bits per heavy atom. The van der Waals surface area contributed by atoms with Gasteiger partial charge < -0.3 is 4.90 Å². The number of benzene rings is 1. The first-order chi connectivity index (χ1) is 11.8. The van der Waals surface area contributed by atoms with Gasteiger partial charge in [-0.3, -0.25) is 14.4 Å². The molecule has 2 fully saturated rings. The van der Waals surface area contributed by atoms with Gasteiger partial charge in [0, 0.05) is 31.9 Å². The highest BCUT2D eigenvalue weighted by Crippen LogP contribution is 2.22. The van der Waals surface area contributed by atoms with E-state index < -0.39 is 0 Å². The number of amides is 1. The minimum absolute atomic E-state index is 0.125. The molecule has 2 aliphatic heterocycles. The quantitative estimate of drug-likeness (QED) is 0.869. The number of nitrogens with zero attached hydrogens (tertiary/aromatic N) is 4. The second-order valence-electron chi connectivity index (χ2n) is 6.85. The summed E-state index contributed by atoms with van der Waals surface area (Å²) in [6, 6.07) is 10.8. The fourth-order valence-corrected chi connectivity index (χ4v) is 3.85. The van der Waals surface area contributed by atoms with E-state index in [1.54, 1.807) is 6.20 Å². The summed E-state index contributed by atoms with van der Waals surface area (Å²) in [5, 5.41) is 4.37. The molecule has 1 atom stereocenters. The lowest BCUT2D eigenvalue weighted by atomic mass is 9.99. The van der Waals surface area contributed by atoms with Crippen LogP contribution in [0, 0.1) is 0 Å². The Morgan fingerprint density at radius 1 is 1.12 bits per heavy atom. The van der Waals surface area contributed by atoms with E-state index in [0.717, 1.165) is 19.6 Å². The number of hydrogen-bond acceptors (Lipinski definition) is 3. The fourth-order valence-electron chi connectivity index (χ4n) is 3.85. The van der Waals surface area contributed by atoms with Gasteiger partial charge in [-0.15, -0.1) is 0 Å². The number of carbonyl (C=O) groups is 1. The summed E-state index contributed by atoms with van der Waals surface area (Å²) in [6.45, 7) is 4.60. The maximum absolute atomic E-state index is 12.8. The van der Waals surface area contributed by atoms with Crippen LogP contribution in [-0.2, 0) is 6.54 Å². The van der Waals surface area contributed by atoms with E-state index in [2.05, 4.69) is 22.1 Å². The maximum Gasteiger partial charge on any atom is 0.257 e. The number of carbonyl (C=O) groups excluding carboxylic acids is 1. The lowest BCUT2D eigenvalue weighted by Crippen LogP contribution is -2.56. The molecule has 0 bridgehead atoms. The lowest BCUT2D eigenvalue weighted by molar-refractivity contribution is 0.0372. The smallest absolute Gasteiger partial charge is 0.257 e. The molecule has 4 rings (SSSR count). The summed E-state index contributed by atoms with van der Waals surface area (Å²) in [5.74, 6) is 0.125. The van der Waals surface area contributed by atoms with Crippen LogP contribution < -0.4 is 0 Å². The van der Waals surface area contributed by atoms with Crippen molar-refractivity contribution in [3.05, 3.63) is 53.9 Å². The van der Waals surface area contributed by atoms with Crippen molar-refractivity contribution in [3.63, 3.8) is 0 Å². The summed E-state index contributed by atoms with van der Waals surface area (Å²) < 4.78 is 1.85. The second kappa shape index (κ2) is 6.77. The highest BCUT2D eigenvalue weighted by atomic mass is 16.2. The minimum atomic E-state index is 0.125. The number of piperazine rings is 1. The molecule has 0 aliphatic carbocycles. The molecule has 3 heterocycles. The van der Waals surface area contributed by atoms with Crippen molar-refractivity contribution >= 4 is 5.91 Å². The van der Waals surface area contributed by atoms with Crippen LogP contribution >= 0.6 is 0 Å². The third-order valence-corrected chi connectivity index (χ3v) is 5.19. The summed E-state index contributed by atoms with van der Waals surface area (Å²) >= 11 is 0. The zero-order valence-electron chi connectivity index (χ0n) is 14.0. The molecule has 2 aliphatic rings. The third-order valence-electron chi connectivity index (χ3n) is 5.19. The van der Waals surface area contributed by atoms with Crippen molar-refractivity contribution in [1.82, 2.24) is 19.6 Å². The van der Waals surface area contributed by atoms with Gasteiger partial charge in [-0.2, -0.15) is 5.10 Å². The Bertz CT molecular complexity index is 696. The highest BCUT2D eigenvalue weighted by Gasteiger charge is 2.31. The summed E-state index contributed by atoms with van der Waals surface area (Å²) in [7, 11) is 0. The molecule has 0 saturated carbocycles. The Morgan fingerprint density at radius 2 is 2.00 bits per heavy atom. The van der Waals surface area contributed by atoms with Crippen molar-refractivity contribution in [3.8, 4) is 0 Å². The van der Waals surface area contributed by atoms with E-state index in [9.17, 15) is 4.79 Å². The van der Waals surface area contributed by atoms with E-state index in [1.807, 2.05) is 34.0 Å². The van der Waals surface area contributed by atoms with Gasteiger partial charge in [-0.25, -0.2) is 0 Å². The first kappa shape index (κ1) is 15.4. The predicted molar refractivity (Wildman–Crippen MR) is 92.9 cm³/mol. The van der Waals surface area contributed by atoms with Gasteiger partial charge in [0.15, 0.2) is 0 Å². The first-order valence-electron chi connectivity index (χ1n) is 8.89. The third kappa shape index (κ3) is 3.22. The molecule has 0 radical (unpaired) electrons. The predicted octanol–water partition coefficient (Wildman–Crippen LogP) is 2.24. The molecule has 126 valence electrons. The van der Waals surface area contributed by atoms with E-state index in [0.29, 0.717) is 18.2 Å². The van der Waals surface area contributed by atoms with E-state index >= 15 is 0 Å². The second-order valence-corrected chi connectivity index (χ2v) is 6.85. The molecule has 1 aromatic heterocycles. The van der Waals surface area contributed by atoms with E-state index in [-0.39, 0.29) is 5.91 Å². The Labute approximate surface area is 142 Å². The molecule has 0 N–H and O–H groups in total. The van der Waals surface area contributed by atoms with Gasteiger partial charge in [0.2, 0.25) is 0 Å². The molecule has 5 heteroatoms. The van der Waals surface area contributed by atoms with Crippen LogP contribution in [0.5, 0.6) is 0 Å². The molecule has 1 amide bonds. The topological polar surface area (TPSA) is 41.4 Å². The van der Waals surface area contributed by atoms with Crippen molar-refractivity contribution in [2.45, 2.75) is 31.8 Å². The Kier molecular flexibility index (Phi) is 4.34. The largest absolute Gasteiger partial charge is 0.336 e. The van der Waals surface area contributed by atoms with Crippen molar-refractivity contribution in [1.29, 1.82) is 0 Å². The molecule has 1 aromatic carbocycles. The SMILES string of the molecule is O=C(c1cnn(Cc2ccccc2)c1)N1CCN2CCCC[C@@H]2C1. The van der Waals surface area contributed by atoms with Crippen LogP contribution in [0.15, 0.2) is 42.7 Å². The zero-order chi connectivity index (χ0) is 16.4. The van der Waals surface area contributed by atoms with Crippen LogP contribution in [0.1, 0.15) is 35.2 Å². The summed E-state index contributed by atoms with van der Waals surface area (Å²) in [6.07, 6.45) is 7.40. The lowest BCUT2D eigenvalue weighted by Gasteiger charge is -2.43. The van der Waals surface area contributed by atoms with Crippen molar-refractivity contribution in [2.75, 3.05) is 26.2 Å². The average molecular weight is 324 g/mol. The van der Waals surface area contributed by atoms with Crippen molar-refractivity contribution < 1.29 is 4.79 Å². The molecule has 5 nitrogen and oxygen atoms in total. The van der Waals surface area contributed by atoms with E-state index in [4.69, 9.17) is 0 Å². The molecule has 24 heavy (non-hydrogen) atoms. The van der Waals surface area contributed by atoms with Gasteiger partial charge in [-0.1, -0.05) is 36.8 Å². The molecular weight excluding hydrogens is 300 g/mol. The highest BCUT2D eigenvalue weighted by molar-refractivity contribution is 5.93. The number of fused-ring (bicyclic) bond motifs is 1. The number of rotatable bonds is 3. The standard InChI is InChI=1S/C19H24N4O/c24-19(22-11-10-21-9-5-4-8-18(21)15-22)17-12-20-23(14-17)13-16-6-2-1-3-7-16/h1-3,6-7,12,14,18H,4-5,8-11,13,15H2/t18-/m1/s1. The molecule has 0 unspecified atom stereocenters. The van der Waals surface area contributed by atoms with E-state index in [1.165, 1.54) is 31.4 Å². The summed E-state index contributed by atoms with van der Waals surface area (Å²) in [5.41, 5.74) is 1.89. The van der Waals surface area contributed by atoms with Crippen LogP contribution in [0.3, 0.4) is 0 Å². The van der Waals surface area contributed by atoms with Gasteiger partial charge in [-0.05, 0) is 24.9 Å². The van der Waals surface area contributed by atoms with Crippen LogP contribution in [0.2, 0.25) is 0 Å². The van der Waals surface area contributed by atoms with Crippen LogP contribution in [-0.4, -0.2) is 57.7 Å². The number of aromatic nitrogens is 2.